The first-order valence-corrected chi connectivity index (χ1v) is 9.16. The Hall–Kier alpha value is -1.46. The first kappa shape index (κ1) is 17.9. The SMILES string of the molecule is CCN(C)C[C@@H]1CN(S(=O)(=O)c2cccc(C#N)c2)C[C@@H]1CO. The molecule has 1 aromatic rings. The molecule has 0 aromatic heterocycles. The molecular formula is C16H23N3O3S. The van der Waals surface area contributed by atoms with Gasteiger partial charge in [0.1, 0.15) is 0 Å². The fourth-order valence-electron chi connectivity index (χ4n) is 2.91. The highest BCUT2D eigenvalue weighted by Crippen LogP contribution is 2.29. The van der Waals surface area contributed by atoms with E-state index in [-0.39, 0.29) is 23.3 Å². The number of sulfonamides is 1. The molecule has 1 saturated heterocycles. The van der Waals surface area contributed by atoms with Crippen molar-refractivity contribution < 1.29 is 13.5 Å². The Labute approximate surface area is 138 Å². The van der Waals surface area contributed by atoms with Crippen LogP contribution < -0.4 is 0 Å². The lowest BCUT2D eigenvalue weighted by Gasteiger charge is -2.22. The van der Waals surface area contributed by atoms with Crippen LogP contribution in [0, 0.1) is 23.2 Å². The molecule has 1 fully saturated rings. The van der Waals surface area contributed by atoms with Crippen LogP contribution in [-0.2, 0) is 10.0 Å². The molecule has 0 unspecified atom stereocenters. The van der Waals surface area contributed by atoms with Crippen LogP contribution in [0.25, 0.3) is 0 Å². The summed E-state index contributed by atoms with van der Waals surface area (Å²) in [4.78, 5) is 2.26. The first-order valence-electron chi connectivity index (χ1n) is 7.72. The minimum absolute atomic E-state index is 0.0214. The van der Waals surface area contributed by atoms with Gasteiger partial charge in [-0.1, -0.05) is 13.0 Å². The Morgan fingerprint density at radius 2 is 2.09 bits per heavy atom. The zero-order chi connectivity index (χ0) is 17.0. The Kier molecular flexibility index (Phi) is 5.76. The second-order valence-electron chi connectivity index (χ2n) is 6.02. The Morgan fingerprint density at radius 1 is 1.39 bits per heavy atom. The van der Waals surface area contributed by atoms with Gasteiger partial charge in [-0.15, -0.1) is 0 Å². The van der Waals surface area contributed by atoms with Gasteiger partial charge in [0.25, 0.3) is 0 Å². The molecule has 0 spiro atoms. The lowest BCUT2D eigenvalue weighted by molar-refractivity contribution is 0.178. The fourth-order valence-corrected chi connectivity index (χ4v) is 4.51. The maximum absolute atomic E-state index is 12.8. The lowest BCUT2D eigenvalue weighted by atomic mass is 9.96. The van der Waals surface area contributed by atoms with E-state index in [2.05, 4.69) is 4.90 Å². The predicted molar refractivity (Wildman–Crippen MR) is 87.2 cm³/mol. The molecule has 1 N–H and O–H groups in total. The summed E-state index contributed by atoms with van der Waals surface area (Å²) in [5.74, 6) is 0.0526. The van der Waals surface area contributed by atoms with Gasteiger partial charge in [-0.05, 0) is 37.7 Å². The summed E-state index contributed by atoms with van der Waals surface area (Å²) in [6.45, 7) is 4.38. The number of aliphatic hydroxyl groups is 1. The normalized spacial score (nSPS) is 22.4. The molecule has 7 heteroatoms. The molecule has 1 aromatic carbocycles. The zero-order valence-electron chi connectivity index (χ0n) is 13.5. The Balaban J connectivity index is 2.22. The van der Waals surface area contributed by atoms with Gasteiger partial charge in [-0.3, -0.25) is 0 Å². The number of nitriles is 1. The van der Waals surface area contributed by atoms with Crippen LogP contribution in [0.3, 0.4) is 0 Å². The van der Waals surface area contributed by atoms with Crippen molar-refractivity contribution in [3.05, 3.63) is 29.8 Å². The molecule has 0 bridgehead atoms. The van der Waals surface area contributed by atoms with Crippen LogP contribution in [0.1, 0.15) is 12.5 Å². The third-order valence-corrected chi connectivity index (χ3v) is 6.29. The highest BCUT2D eigenvalue weighted by molar-refractivity contribution is 7.89. The van der Waals surface area contributed by atoms with Crippen LogP contribution in [0.5, 0.6) is 0 Å². The van der Waals surface area contributed by atoms with Gasteiger partial charge < -0.3 is 10.0 Å². The van der Waals surface area contributed by atoms with E-state index >= 15 is 0 Å². The van der Waals surface area contributed by atoms with Gasteiger partial charge in [0.05, 0.1) is 16.5 Å². The summed E-state index contributed by atoms with van der Waals surface area (Å²) in [5.41, 5.74) is 0.325. The highest BCUT2D eigenvalue weighted by Gasteiger charge is 2.39. The first-order chi connectivity index (χ1) is 10.9. The molecule has 0 radical (unpaired) electrons. The van der Waals surface area contributed by atoms with Gasteiger partial charge >= 0.3 is 0 Å². The van der Waals surface area contributed by atoms with E-state index in [1.807, 2.05) is 20.0 Å². The van der Waals surface area contributed by atoms with Crippen molar-refractivity contribution in [2.24, 2.45) is 11.8 Å². The summed E-state index contributed by atoms with van der Waals surface area (Å²) >= 11 is 0. The topological polar surface area (TPSA) is 84.6 Å². The van der Waals surface area contributed by atoms with Crippen molar-refractivity contribution in [1.29, 1.82) is 5.26 Å². The maximum atomic E-state index is 12.8. The largest absolute Gasteiger partial charge is 0.396 e. The number of aliphatic hydroxyl groups excluding tert-OH is 1. The van der Waals surface area contributed by atoms with Crippen molar-refractivity contribution >= 4 is 10.0 Å². The predicted octanol–water partition coefficient (Wildman–Crippen LogP) is 0.739. The van der Waals surface area contributed by atoms with Crippen LogP contribution in [0.4, 0.5) is 0 Å². The number of hydrogen-bond donors (Lipinski definition) is 1. The summed E-state index contributed by atoms with van der Waals surface area (Å²) in [6, 6.07) is 8.03. The molecule has 0 amide bonds. The Bertz CT molecular complexity index is 684. The number of hydrogen-bond acceptors (Lipinski definition) is 5. The van der Waals surface area contributed by atoms with Crippen LogP contribution in [0.2, 0.25) is 0 Å². The fraction of sp³-hybridized carbons (Fsp3) is 0.562. The van der Waals surface area contributed by atoms with Gasteiger partial charge in [0, 0.05) is 32.2 Å². The second-order valence-corrected chi connectivity index (χ2v) is 7.96. The summed E-state index contributed by atoms with van der Waals surface area (Å²) in [7, 11) is -1.65. The highest BCUT2D eigenvalue weighted by atomic mass is 32.2. The zero-order valence-corrected chi connectivity index (χ0v) is 14.3. The van der Waals surface area contributed by atoms with E-state index in [0.29, 0.717) is 18.7 Å². The minimum Gasteiger partial charge on any atom is -0.396 e. The number of nitrogens with zero attached hydrogens (tertiary/aromatic N) is 3. The van der Waals surface area contributed by atoms with Crippen molar-refractivity contribution in [2.75, 3.05) is 39.8 Å². The van der Waals surface area contributed by atoms with Gasteiger partial charge in [-0.2, -0.15) is 9.57 Å². The monoisotopic (exact) mass is 337 g/mol. The molecule has 6 nitrogen and oxygen atoms in total. The van der Waals surface area contributed by atoms with E-state index < -0.39 is 10.0 Å². The average Bonchev–Trinajstić information content (AvgIpc) is 2.98. The van der Waals surface area contributed by atoms with Gasteiger partial charge in [0.2, 0.25) is 10.0 Å². The molecular weight excluding hydrogens is 314 g/mol. The van der Waals surface area contributed by atoms with Crippen LogP contribution in [0.15, 0.2) is 29.2 Å². The van der Waals surface area contributed by atoms with Crippen molar-refractivity contribution in [1.82, 2.24) is 9.21 Å². The van der Waals surface area contributed by atoms with Gasteiger partial charge in [0.15, 0.2) is 0 Å². The lowest BCUT2D eigenvalue weighted by Crippen LogP contribution is -2.32. The smallest absolute Gasteiger partial charge is 0.243 e. The van der Waals surface area contributed by atoms with E-state index in [0.717, 1.165) is 13.1 Å². The quantitative estimate of drug-likeness (QED) is 0.827. The third-order valence-electron chi connectivity index (χ3n) is 4.46. The molecule has 1 aliphatic rings. The molecule has 0 aliphatic carbocycles. The molecule has 23 heavy (non-hydrogen) atoms. The van der Waals surface area contributed by atoms with Crippen molar-refractivity contribution in [3.63, 3.8) is 0 Å². The molecule has 126 valence electrons. The van der Waals surface area contributed by atoms with Crippen molar-refractivity contribution in [3.8, 4) is 6.07 Å². The maximum Gasteiger partial charge on any atom is 0.243 e. The van der Waals surface area contributed by atoms with E-state index in [4.69, 9.17) is 5.26 Å². The van der Waals surface area contributed by atoms with Gasteiger partial charge in [-0.25, -0.2) is 8.42 Å². The summed E-state index contributed by atoms with van der Waals surface area (Å²) in [6.07, 6.45) is 0. The van der Waals surface area contributed by atoms with Crippen molar-refractivity contribution in [2.45, 2.75) is 11.8 Å². The van der Waals surface area contributed by atoms with Crippen LogP contribution >= 0.6 is 0 Å². The van der Waals surface area contributed by atoms with E-state index in [9.17, 15) is 13.5 Å². The second kappa shape index (κ2) is 7.41. The summed E-state index contributed by atoms with van der Waals surface area (Å²) < 4.78 is 27.0. The molecule has 1 aliphatic heterocycles. The molecule has 0 saturated carbocycles. The summed E-state index contributed by atoms with van der Waals surface area (Å²) in [5, 5.41) is 18.5. The van der Waals surface area contributed by atoms with Crippen LogP contribution in [-0.4, -0.2) is 62.6 Å². The Morgan fingerprint density at radius 3 is 2.70 bits per heavy atom. The number of rotatable bonds is 6. The molecule has 2 atom stereocenters. The van der Waals surface area contributed by atoms with E-state index in [1.54, 1.807) is 12.1 Å². The third kappa shape index (κ3) is 3.90. The molecule has 1 heterocycles. The average molecular weight is 337 g/mol. The standard InChI is InChI=1S/C16H23N3O3S/c1-3-18(2)9-14-10-19(11-15(14)12-20)23(21,22)16-6-4-5-13(7-16)8-17/h4-7,14-15,20H,3,9-12H2,1-2H3/t14-,15-/m1/s1. The molecule has 2 rings (SSSR count). The van der Waals surface area contributed by atoms with E-state index in [1.165, 1.54) is 16.4 Å². The number of benzene rings is 1. The minimum atomic E-state index is -3.64.